The molecule has 0 bridgehead atoms. The van der Waals surface area contributed by atoms with Gasteiger partial charge in [0, 0.05) is 11.8 Å². The van der Waals surface area contributed by atoms with Gasteiger partial charge in [0.25, 0.3) is 15.9 Å². The summed E-state index contributed by atoms with van der Waals surface area (Å²) in [6.45, 7) is 1.99. The summed E-state index contributed by atoms with van der Waals surface area (Å²) >= 11 is 0. The second-order valence-corrected chi connectivity index (χ2v) is 6.32. The van der Waals surface area contributed by atoms with Crippen LogP contribution in [0.15, 0.2) is 35.2 Å². The topological polar surface area (TPSA) is 101 Å². The minimum atomic E-state index is -3.98. The average Bonchev–Trinajstić information content (AvgIpc) is 2.96. The van der Waals surface area contributed by atoms with Crippen molar-refractivity contribution in [2.24, 2.45) is 0 Å². The fraction of sp³-hybridized carbons (Fsp3) is 0.286. The third-order valence-electron chi connectivity index (χ3n) is 2.96. The summed E-state index contributed by atoms with van der Waals surface area (Å²) in [5.74, 6) is -0.387. The van der Waals surface area contributed by atoms with Crippen LogP contribution in [0.3, 0.4) is 0 Å². The van der Waals surface area contributed by atoms with E-state index in [4.69, 9.17) is 4.74 Å². The molecule has 1 aromatic heterocycles. The number of aromatic nitrogens is 2. The number of carbonyl (C=O) groups is 1. The van der Waals surface area contributed by atoms with Gasteiger partial charge in [0.05, 0.1) is 12.0 Å². The van der Waals surface area contributed by atoms with E-state index < -0.39 is 15.9 Å². The predicted octanol–water partition coefficient (Wildman–Crippen LogP) is 1.49. The van der Waals surface area contributed by atoms with E-state index >= 15 is 0 Å². The van der Waals surface area contributed by atoms with Gasteiger partial charge in [-0.15, -0.1) is 0 Å². The first-order valence-corrected chi connectivity index (χ1v) is 8.20. The zero-order valence-corrected chi connectivity index (χ0v) is 13.1. The van der Waals surface area contributed by atoms with Gasteiger partial charge in [0.2, 0.25) is 0 Å². The molecule has 0 saturated heterocycles. The fourth-order valence-electron chi connectivity index (χ4n) is 1.88. The fourth-order valence-corrected chi connectivity index (χ4v) is 2.87. The zero-order chi connectivity index (χ0) is 16.2. The van der Waals surface area contributed by atoms with E-state index in [-0.39, 0.29) is 10.6 Å². The monoisotopic (exact) mass is 323 g/mol. The lowest BCUT2D eigenvalue weighted by molar-refractivity contribution is 0.0976. The van der Waals surface area contributed by atoms with Crippen molar-refractivity contribution in [1.82, 2.24) is 14.9 Å². The number of aromatic amines is 1. The van der Waals surface area contributed by atoms with Gasteiger partial charge in [-0.25, -0.2) is 13.1 Å². The number of carbonyl (C=O) groups excluding carboxylic acids is 1. The van der Waals surface area contributed by atoms with Crippen molar-refractivity contribution in [3.8, 4) is 5.75 Å². The van der Waals surface area contributed by atoms with Crippen LogP contribution in [0.2, 0.25) is 0 Å². The first-order valence-electron chi connectivity index (χ1n) is 6.71. The first-order chi connectivity index (χ1) is 10.5. The number of H-pyrrole nitrogens is 1. The SMILES string of the molecule is CCCc1cc(C(=O)NS(=O)(=O)c2cccc(OC)c2)n[nH]1. The molecule has 22 heavy (non-hydrogen) atoms. The summed E-state index contributed by atoms with van der Waals surface area (Å²) in [5, 5.41) is 6.53. The summed E-state index contributed by atoms with van der Waals surface area (Å²) in [6.07, 6.45) is 1.63. The number of ether oxygens (including phenoxy) is 1. The molecule has 8 heteroatoms. The highest BCUT2D eigenvalue weighted by molar-refractivity contribution is 7.90. The molecule has 1 amide bonds. The maximum absolute atomic E-state index is 12.2. The Kier molecular flexibility index (Phi) is 4.81. The van der Waals surface area contributed by atoms with Crippen LogP contribution in [0.5, 0.6) is 5.75 Å². The van der Waals surface area contributed by atoms with E-state index in [9.17, 15) is 13.2 Å². The highest BCUT2D eigenvalue weighted by Crippen LogP contribution is 2.17. The Balaban J connectivity index is 2.18. The Morgan fingerprint density at radius 2 is 2.14 bits per heavy atom. The van der Waals surface area contributed by atoms with Crippen LogP contribution in [-0.2, 0) is 16.4 Å². The maximum Gasteiger partial charge on any atom is 0.285 e. The highest BCUT2D eigenvalue weighted by atomic mass is 32.2. The number of amides is 1. The third kappa shape index (κ3) is 3.64. The maximum atomic E-state index is 12.2. The first kappa shape index (κ1) is 16.0. The van der Waals surface area contributed by atoms with Gasteiger partial charge in [0.1, 0.15) is 5.75 Å². The molecule has 2 rings (SSSR count). The second kappa shape index (κ2) is 6.61. The number of nitrogens with zero attached hydrogens (tertiary/aromatic N) is 1. The van der Waals surface area contributed by atoms with Crippen molar-refractivity contribution in [3.05, 3.63) is 41.7 Å². The van der Waals surface area contributed by atoms with E-state index in [1.165, 1.54) is 25.3 Å². The van der Waals surface area contributed by atoms with Crippen LogP contribution < -0.4 is 9.46 Å². The van der Waals surface area contributed by atoms with E-state index in [1.807, 2.05) is 11.6 Å². The Morgan fingerprint density at radius 1 is 1.36 bits per heavy atom. The minimum absolute atomic E-state index is 0.0370. The number of methoxy groups -OCH3 is 1. The average molecular weight is 323 g/mol. The molecule has 118 valence electrons. The van der Waals surface area contributed by atoms with Crippen LogP contribution in [0.25, 0.3) is 0 Å². The van der Waals surface area contributed by atoms with Gasteiger partial charge in [-0.05, 0) is 24.6 Å². The Labute approximate surface area is 128 Å². The quantitative estimate of drug-likeness (QED) is 0.838. The number of sulfonamides is 1. The Bertz CT molecular complexity index is 768. The molecule has 0 radical (unpaired) electrons. The molecule has 7 nitrogen and oxygen atoms in total. The summed E-state index contributed by atoms with van der Waals surface area (Å²) < 4.78 is 31.3. The molecular weight excluding hydrogens is 306 g/mol. The minimum Gasteiger partial charge on any atom is -0.497 e. The zero-order valence-electron chi connectivity index (χ0n) is 12.3. The number of hydrogen-bond acceptors (Lipinski definition) is 5. The van der Waals surface area contributed by atoms with Gasteiger partial charge < -0.3 is 4.74 Å². The summed E-state index contributed by atoms with van der Waals surface area (Å²) in [5.41, 5.74) is 0.821. The van der Waals surface area contributed by atoms with E-state index in [0.29, 0.717) is 5.75 Å². The molecule has 0 aliphatic carbocycles. The number of benzene rings is 1. The van der Waals surface area contributed by atoms with Crippen LogP contribution >= 0.6 is 0 Å². The van der Waals surface area contributed by atoms with Crippen LogP contribution in [0.1, 0.15) is 29.5 Å². The van der Waals surface area contributed by atoms with Gasteiger partial charge >= 0.3 is 0 Å². The standard InChI is InChI=1S/C14H17N3O4S/c1-3-5-10-8-13(16-15-10)14(18)17-22(19,20)12-7-4-6-11(9-12)21-2/h4,6-9H,3,5H2,1-2H3,(H,15,16)(H,17,18). The van der Waals surface area contributed by atoms with Crippen molar-refractivity contribution < 1.29 is 17.9 Å². The molecule has 0 atom stereocenters. The van der Waals surface area contributed by atoms with Crippen molar-refractivity contribution in [2.45, 2.75) is 24.7 Å². The van der Waals surface area contributed by atoms with Gasteiger partial charge in [-0.1, -0.05) is 19.4 Å². The lowest BCUT2D eigenvalue weighted by Crippen LogP contribution is -2.30. The summed E-state index contributed by atoms with van der Waals surface area (Å²) in [7, 11) is -2.54. The van der Waals surface area contributed by atoms with E-state index in [2.05, 4.69) is 10.2 Å². The van der Waals surface area contributed by atoms with Crippen molar-refractivity contribution in [2.75, 3.05) is 7.11 Å². The molecule has 0 unspecified atom stereocenters. The lowest BCUT2D eigenvalue weighted by atomic mass is 10.2. The van der Waals surface area contributed by atoms with Crippen LogP contribution in [-0.4, -0.2) is 31.6 Å². The molecule has 0 aliphatic heterocycles. The molecule has 1 heterocycles. The largest absolute Gasteiger partial charge is 0.497 e. The van der Waals surface area contributed by atoms with Crippen LogP contribution in [0.4, 0.5) is 0 Å². The summed E-state index contributed by atoms with van der Waals surface area (Å²) in [6, 6.07) is 7.41. The van der Waals surface area contributed by atoms with E-state index in [0.717, 1.165) is 18.5 Å². The number of rotatable bonds is 6. The molecule has 1 aromatic carbocycles. The smallest absolute Gasteiger partial charge is 0.285 e. The van der Waals surface area contributed by atoms with Crippen molar-refractivity contribution in [3.63, 3.8) is 0 Å². The third-order valence-corrected chi connectivity index (χ3v) is 4.29. The molecule has 2 aromatic rings. The summed E-state index contributed by atoms with van der Waals surface area (Å²) in [4.78, 5) is 12.0. The van der Waals surface area contributed by atoms with Gasteiger partial charge in [-0.2, -0.15) is 5.10 Å². The van der Waals surface area contributed by atoms with Crippen molar-refractivity contribution >= 4 is 15.9 Å². The highest BCUT2D eigenvalue weighted by Gasteiger charge is 2.21. The number of aryl methyl sites for hydroxylation is 1. The molecule has 0 spiro atoms. The molecular formula is C14H17N3O4S. The van der Waals surface area contributed by atoms with Gasteiger partial charge in [0.15, 0.2) is 5.69 Å². The predicted molar refractivity (Wildman–Crippen MR) is 80.2 cm³/mol. The number of hydrogen-bond donors (Lipinski definition) is 2. The number of nitrogens with one attached hydrogen (secondary N) is 2. The molecule has 0 aliphatic rings. The Hall–Kier alpha value is -2.35. The Morgan fingerprint density at radius 3 is 2.82 bits per heavy atom. The van der Waals surface area contributed by atoms with Crippen molar-refractivity contribution in [1.29, 1.82) is 0 Å². The molecule has 0 fully saturated rings. The molecule has 2 N–H and O–H groups in total. The van der Waals surface area contributed by atoms with E-state index in [1.54, 1.807) is 12.1 Å². The van der Waals surface area contributed by atoms with Crippen LogP contribution in [0, 0.1) is 0 Å². The lowest BCUT2D eigenvalue weighted by Gasteiger charge is -2.07. The normalized spacial score (nSPS) is 11.2. The van der Waals surface area contributed by atoms with Gasteiger partial charge in [-0.3, -0.25) is 9.89 Å². The molecule has 0 saturated carbocycles. The second-order valence-electron chi connectivity index (χ2n) is 4.64.